The van der Waals surface area contributed by atoms with Crippen LogP contribution < -0.4 is 15.4 Å². The van der Waals surface area contributed by atoms with Crippen LogP contribution in [0, 0.1) is 20.2 Å². The highest BCUT2D eigenvalue weighted by Crippen LogP contribution is 2.42. The van der Waals surface area contributed by atoms with Crippen molar-refractivity contribution in [3.63, 3.8) is 0 Å². The first-order valence-corrected chi connectivity index (χ1v) is 9.24. The van der Waals surface area contributed by atoms with E-state index in [4.69, 9.17) is 4.74 Å². The summed E-state index contributed by atoms with van der Waals surface area (Å²) in [5, 5.41) is 35.9. The fourth-order valence-electron chi connectivity index (χ4n) is 2.46. The van der Waals surface area contributed by atoms with Crippen LogP contribution in [-0.4, -0.2) is 29.4 Å². The van der Waals surface area contributed by atoms with Gasteiger partial charge in [0.15, 0.2) is 5.69 Å². The van der Waals surface area contributed by atoms with Gasteiger partial charge < -0.3 is 15.4 Å². The summed E-state index contributed by atoms with van der Waals surface area (Å²) in [7, 11) is 1.45. The molecule has 0 saturated carbocycles. The lowest BCUT2D eigenvalue weighted by Gasteiger charge is -2.14. The van der Waals surface area contributed by atoms with Crippen LogP contribution >= 0.6 is 15.9 Å². The van der Waals surface area contributed by atoms with E-state index in [0.29, 0.717) is 23.7 Å². The van der Waals surface area contributed by atoms with E-state index in [2.05, 4.69) is 36.8 Å². The average molecular weight is 481 g/mol. The molecule has 0 saturated heterocycles. The molecule has 1 amide bonds. The predicted octanol–water partition coefficient (Wildman–Crippen LogP) is 5.08. The molecule has 0 fully saturated rings. The SMILES string of the molecule is CCNc1cc(NC(C)=O)c(N=Nc2c(Br)cc([N+](=O)[O-])cc2[N+](=O)[O-])cc1OC. The molecule has 0 heterocycles. The van der Waals surface area contributed by atoms with Crippen molar-refractivity contribution in [1.29, 1.82) is 0 Å². The molecule has 12 nitrogen and oxygen atoms in total. The Morgan fingerprint density at radius 1 is 1.13 bits per heavy atom. The summed E-state index contributed by atoms with van der Waals surface area (Å²) in [6, 6.07) is 4.98. The number of hydrogen-bond acceptors (Lipinski definition) is 9. The minimum atomic E-state index is -0.796. The van der Waals surface area contributed by atoms with E-state index in [9.17, 15) is 25.0 Å². The largest absolute Gasteiger partial charge is 0.495 e. The number of benzene rings is 2. The van der Waals surface area contributed by atoms with Crippen molar-refractivity contribution >= 4 is 56.0 Å². The molecule has 0 spiro atoms. The summed E-state index contributed by atoms with van der Waals surface area (Å²) in [5.74, 6) is 0.0544. The molecule has 30 heavy (non-hydrogen) atoms. The number of hydrogen-bond donors (Lipinski definition) is 2. The van der Waals surface area contributed by atoms with Crippen LogP contribution in [0.15, 0.2) is 39.0 Å². The number of ether oxygens (including phenoxy) is 1. The lowest BCUT2D eigenvalue weighted by Crippen LogP contribution is -2.07. The molecule has 0 unspecified atom stereocenters. The Hall–Kier alpha value is -3.61. The molecule has 2 N–H and O–H groups in total. The fraction of sp³-hybridized carbons (Fsp3) is 0.235. The number of halogens is 1. The quantitative estimate of drug-likeness (QED) is 0.302. The number of non-ortho nitro benzene ring substituents is 1. The Labute approximate surface area is 178 Å². The van der Waals surface area contributed by atoms with Gasteiger partial charge in [0.2, 0.25) is 5.91 Å². The maximum Gasteiger partial charge on any atom is 0.304 e. The summed E-state index contributed by atoms with van der Waals surface area (Å²) >= 11 is 3.06. The van der Waals surface area contributed by atoms with Gasteiger partial charge in [0, 0.05) is 25.6 Å². The number of carbonyl (C=O) groups is 1. The molecule has 158 valence electrons. The third kappa shape index (κ3) is 5.26. The maximum absolute atomic E-state index is 11.6. The van der Waals surface area contributed by atoms with Crippen molar-refractivity contribution < 1.29 is 19.4 Å². The number of nitrogens with one attached hydrogen (secondary N) is 2. The molecule has 0 aromatic heterocycles. The minimum absolute atomic E-state index is 0.0180. The van der Waals surface area contributed by atoms with Gasteiger partial charge in [-0.1, -0.05) is 0 Å². The van der Waals surface area contributed by atoms with E-state index in [1.165, 1.54) is 20.1 Å². The van der Waals surface area contributed by atoms with E-state index < -0.39 is 21.2 Å². The van der Waals surface area contributed by atoms with Gasteiger partial charge in [-0.15, -0.1) is 10.2 Å². The second kappa shape index (κ2) is 9.73. The minimum Gasteiger partial charge on any atom is -0.495 e. The van der Waals surface area contributed by atoms with Crippen molar-refractivity contribution in [2.45, 2.75) is 13.8 Å². The van der Waals surface area contributed by atoms with Crippen LogP contribution in [0.4, 0.5) is 34.1 Å². The molecule has 0 atom stereocenters. The maximum atomic E-state index is 11.6. The Morgan fingerprint density at radius 3 is 2.37 bits per heavy atom. The fourth-order valence-corrected chi connectivity index (χ4v) is 2.97. The highest BCUT2D eigenvalue weighted by atomic mass is 79.9. The Kier molecular flexibility index (Phi) is 7.36. The predicted molar refractivity (Wildman–Crippen MR) is 113 cm³/mol. The van der Waals surface area contributed by atoms with Crippen molar-refractivity contribution in [2.75, 3.05) is 24.3 Å². The standard InChI is InChI=1S/C17H17BrN6O6/c1-4-19-14-7-12(20-9(2)25)13(8-16(14)30-3)21-22-17-11(18)5-10(23(26)27)6-15(17)24(28)29/h5-8,19H,4H2,1-3H3,(H,20,25). The third-order valence-corrected chi connectivity index (χ3v) is 4.29. The molecule has 0 bridgehead atoms. The first kappa shape index (κ1) is 22.7. The first-order chi connectivity index (χ1) is 14.2. The number of nitro benzene ring substituents is 2. The van der Waals surface area contributed by atoms with E-state index in [1.807, 2.05) is 6.92 Å². The molecule has 2 aromatic rings. The number of amides is 1. The lowest BCUT2D eigenvalue weighted by molar-refractivity contribution is -0.393. The van der Waals surface area contributed by atoms with Gasteiger partial charge >= 0.3 is 5.69 Å². The van der Waals surface area contributed by atoms with E-state index >= 15 is 0 Å². The van der Waals surface area contributed by atoms with Crippen LogP contribution in [0.5, 0.6) is 5.75 Å². The van der Waals surface area contributed by atoms with Crippen LogP contribution in [-0.2, 0) is 4.79 Å². The highest BCUT2D eigenvalue weighted by molar-refractivity contribution is 9.10. The Bertz CT molecular complexity index is 1040. The summed E-state index contributed by atoms with van der Waals surface area (Å²) in [6.07, 6.45) is 0. The molecular weight excluding hydrogens is 464 g/mol. The van der Waals surface area contributed by atoms with E-state index in [1.54, 1.807) is 6.07 Å². The highest BCUT2D eigenvalue weighted by Gasteiger charge is 2.23. The zero-order valence-electron chi connectivity index (χ0n) is 16.1. The molecular formula is C17H17BrN6O6. The van der Waals surface area contributed by atoms with E-state index in [-0.39, 0.29) is 21.8 Å². The molecule has 13 heteroatoms. The number of nitrogens with zero attached hydrogens (tertiary/aromatic N) is 4. The van der Waals surface area contributed by atoms with Crippen molar-refractivity contribution in [1.82, 2.24) is 0 Å². The van der Waals surface area contributed by atoms with Gasteiger partial charge in [0.05, 0.1) is 38.9 Å². The Morgan fingerprint density at radius 2 is 1.83 bits per heavy atom. The second-order valence-corrected chi connectivity index (χ2v) is 6.65. The van der Waals surface area contributed by atoms with Crippen LogP contribution in [0.2, 0.25) is 0 Å². The zero-order valence-corrected chi connectivity index (χ0v) is 17.7. The normalized spacial score (nSPS) is 10.7. The number of anilines is 2. The monoisotopic (exact) mass is 480 g/mol. The first-order valence-electron chi connectivity index (χ1n) is 8.45. The van der Waals surface area contributed by atoms with Gasteiger partial charge in [-0.3, -0.25) is 25.0 Å². The van der Waals surface area contributed by atoms with Crippen molar-refractivity contribution in [3.05, 3.63) is 49.0 Å². The number of rotatable bonds is 8. The summed E-state index contributed by atoms with van der Waals surface area (Å²) in [4.78, 5) is 32.4. The van der Waals surface area contributed by atoms with Crippen LogP contribution in [0.3, 0.4) is 0 Å². The second-order valence-electron chi connectivity index (χ2n) is 5.79. The molecule has 0 aliphatic heterocycles. The average Bonchev–Trinajstić information content (AvgIpc) is 2.67. The Balaban J connectivity index is 2.62. The van der Waals surface area contributed by atoms with Crippen LogP contribution in [0.25, 0.3) is 0 Å². The molecule has 0 aliphatic rings. The van der Waals surface area contributed by atoms with Gasteiger partial charge in [-0.25, -0.2) is 0 Å². The topological polar surface area (TPSA) is 161 Å². The van der Waals surface area contributed by atoms with Gasteiger partial charge in [0.25, 0.3) is 5.69 Å². The number of azo groups is 1. The van der Waals surface area contributed by atoms with Gasteiger partial charge in [-0.05, 0) is 28.9 Å². The molecule has 0 radical (unpaired) electrons. The summed E-state index contributed by atoms with van der Waals surface area (Å²) in [5.41, 5.74) is -0.216. The number of nitro groups is 2. The number of methoxy groups -OCH3 is 1. The van der Waals surface area contributed by atoms with Crippen molar-refractivity contribution in [2.24, 2.45) is 10.2 Å². The smallest absolute Gasteiger partial charge is 0.304 e. The summed E-state index contributed by atoms with van der Waals surface area (Å²) in [6.45, 7) is 3.80. The third-order valence-electron chi connectivity index (χ3n) is 3.69. The zero-order chi connectivity index (χ0) is 22.4. The van der Waals surface area contributed by atoms with Gasteiger partial charge in [-0.2, -0.15) is 0 Å². The van der Waals surface area contributed by atoms with Crippen LogP contribution in [0.1, 0.15) is 13.8 Å². The van der Waals surface area contributed by atoms with Gasteiger partial charge in [0.1, 0.15) is 11.4 Å². The van der Waals surface area contributed by atoms with Crippen molar-refractivity contribution in [3.8, 4) is 5.75 Å². The molecule has 2 aromatic carbocycles. The lowest BCUT2D eigenvalue weighted by atomic mass is 10.2. The molecule has 2 rings (SSSR count). The molecule has 0 aliphatic carbocycles. The number of carbonyl (C=O) groups excluding carboxylic acids is 1. The summed E-state index contributed by atoms with van der Waals surface area (Å²) < 4.78 is 5.33. The van der Waals surface area contributed by atoms with E-state index in [0.717, 1.165) is 12.1 Å².